The minimum absolute atomic E-state index is 0.204. The SMILES string of the molecule is CCN(C(=O)c1cccc(C(=O)Nc2ccc(C)cc2C)n1)c1ccccc1. The van der Waals surface area contributed by atoms with E-state index >= 15 is 0 Å². The molecular weight excluding hydrogens is 350 g/mol. The minimum atomic E-state index is -0.343. The summed E-state index contributed by atoms with van der Waals surface area (Å²) >= 11 is 0. The number of carbonyl (C=O) groups excluding carboxylic acids is 2. The van der Waals surface area contributed by atoms with E-state index in [0.717, 1.165) is 22.5 Å². The summed E-state index contributed by atoms with van der Waals surface area (Å²) in [6.07, 6.45) is 0. The number of para-hydroxylation sites is 1. The summed E-state index contributed by atoms with van der Waals surface area (Å²) in [6, 6.07) is 20.1. The molecule has 3 rings (SSSR count). The normalized spacial score (nSPS) is 10.4. The largest absolute Gasteiger partial charge is 0.320 e. The van der Waals surface area contributed by atoms with Crippen LogP contribution in [0.4, 0.5) is 11.4 Å². The zero-order chi connectivity index (χ0) is 20.1. The van der Waals surface area contributed by atoms with Gasteiger partial charge in [-0.3, -0.25) is 9.59 Å². The number of aryl methyl sites for hydroxylation is 2. The van der Waals surface area contributed by atoms with Gasteiger partial charge < -0.3 is 10.2 Å². The summed E-state index contributed by atoms with van der Waals surface area (Å²) in [5.41, 5.74) is 4.06. The van der Waals surface area contributed by atoms with Gasteiger partial charge in [0, 0.05) is 17.9 Å². The van der Waals surface area contributed by atoms with Crippen LogP contribution in [0.5, 0.6) is 0 Å². The number of anilines is 2. The van der Waals surface area contributed by atoms with Crippen molar-refractivity contribution < 1.29 is 9.59 Å². The second-order valence-corrected chi connectivity index (χ2v) is 6.57. The number of pyridine rings is 1. The van der Waals surface area contributed by atoms with Crippen molar-refractivity contribution in [2.45, 2.75) is 20.8 Å². The van der Waals surface area contributed by atoms with E-state index in [-0.39, 0.29) is 23.2 Å². The molecule has 0 saturated heterocycles. The lowest BCUT2D eigenvalue weighted by Crippen LogP contribution is -2.31. The number of rotatable bonds is 5. The Morgan fingerprint density at radius 1 is 0.929 bits per heavy atom. The Kier molecular flexibility index (Phi) is 5.84. The maximum Gasteiger partial charge on any atom is 0.276 e. The van der Waals surface area contributed by atoms with Gasteiger partial charge in [0.1, 0.15) is 11.4 Å². The molecule has 0 spiro atoms. The first-order valence-corrected chi connectivity index (χ1v) is 9.22. The first-order valence-electron chi connectivity index (χ1n) is 9.22. The molecule has 5 nitrogen and oxygen atoms in total. The van der Waals surface area contributed by atoms with Gasteiger partial charge in [-0.05, 0) is 56.7 Å². The fourth-order valence-electron chi connectivity index (χ4n) is 3.01. The Morgan fingerprint density at radius 3 is 2.32 bits per heavy atom. The van der Waals surface area contributed by atoms with Crippen LogP contribution >= 0.6 is 0 Å². The smallest absolute Gasteiger partial charge is 0.276 e. The fraction of sp³-hybridized carbons (Fsp3) is 0.174. The van der Waals surface area contributed by atoms with Crippen molar-refractivity contribution >= 4 is 23.2 Å². The molecule has 2 aromatic carbocycles. The maximum absolute atomic E-state index is 12.9. The van der Waals surface area contributed by atoms with Crippen LogP contribution in [0, 0.1) is 13.8 Å². The van der Waals surface area contributed by atoms with Gasteiger partial charge in [0.2, 0.25) is 0 Å². The average Bonchev–Trinajstić information content (AvgIpc) is 2.71. The zero-order valence-corrected chi connectivity index (χ0v) is 16.3. The summed E-state index contributed by atoms with van der Waals surface area (Å²) in [6.45, 7) is 6.35. The lowest BCUT2D eigenvalue weighted by atomic mass is 10.1. The van der Waals surface area contributed by atoms with Gasteiger partial charge in [0.15, 0.2) is 0 Å². The number of benzene rings is 2. The van der Waals surface area contributed by atoms with Crippen molar-refractivity contribution in [2.24, 2.45) is 0 Å². The Labute approximate surface area is 165 Å². The molecule has 0 unspecified atom stereocenters. The summed E-state index contributed by atoms with van der Waals surface area (Å²) < 4.78 is 0. The minimum Gasteiger partial charge on any atom is -0.320 e. The van der Waals surface area contributed by atoms with Crippen LogP contribution in [0.1, 0.15) is 39.0 Å². The van der Waals surface area contributed by atoms with E-state index in [1.54, 1.807) is 23.1 Å². The van der Waals surface area contributed by atoms with Crippen LogP contribution < -0.4 is 10.2 Å². The summed E-state index contributed by atoms with van der Waals surface area (Å²) in [5.74, 6) is -0.584. The van der Waals surface area contributed by atoms with Crippen molar-refractivity contribution in [1.82, 2.24) is 4.98 Å². The molecule has 0 radical (unpaired) electrons. The topological polar surface area (TPSA) is 62.3 Å². The fourth-order valence-corrected chi connectivity index (χ4v) is 3.01. The number of amides is 2. The molecule has 142 valence electrons. The second-order valence-electron chi connectivity index (χ2n) is 6.57. The molecule has 0 fully saturated rings. The zero-order valence-electron chi connectivity index (χ0n) is 16.3. The standard InChI is InChI=1S/C23H23N3O2/c1-4-26(18-9-6-5-7-10-18)23(28)21-12-8-11-20(24-21)22(27)25-19-14-13-16(2)15-17(19)3/h5-15H,4H2,1-3H3,(H,25,27). The molecule has 1 aromatic heterocycles. The Hall–Kier alpha value is -3.47. The third kappa shape index (κ3) is 4.26. The quantitative estimate of drug-likeness (QED) is 0.710. The number of nitrogens with zero attached hydrogens (tertiary/aromatic N) is 2. The molecule has 0 aliphatic rings. The number of hydrogen-bond acceptors (Lipinski definition) is 3. The van der Waals surface area contributed by atoms with Crippen LogP contribution in [0.25, 0.3) is 0 Å². The lowest BCUT2D eigenvalue weighted by Gasteiger charge is -2.20. The first-order chi connectivity index (χ1) is 13.5. The van der Waals surface area contributed by atoms with Crippen LogP contribution in [-0.2, 0) is 0 Å². The lowest BCUT2D eigenvalue weighted by molar-refractivity contribution is 0.0983. The summed E-state index contributed by atoms with van der Waals surface area (Å²) in [5, 5.41) is 2.87. The molecule has 0 bridgehead atoms. The molecule has 3 aromatic rings. The highest BCUT2D eigenvalue weighted by atomic mass is 16.2. The molecular formula is C23H23N3O2. The molecule has 1 heterocycles. The predicted octanol–water partition coefficient (Wildman–Crippen LogP) is 4.62. The number of hydrogen-bond donors (Lipinski definition) is 1. The highest BCUT2D eigenvalue weighted by Gasteiger charge is 2.19. The van der Waals surface area contributed by atoms with E-state index in [1.165, 1.54) is 0 Å². The third-order valence-electron chi connectivity index (χ3n) is 4.46. The number of carbonyl (C=O) groups is 2. The van der Waals surface area contributed by atoms with Crippen LogP contribution in [0.3, 0.4) is 0 Å². The molecule has 5 heteroatoms. The van der Waals surface area contributed by atoms with Crippen LogP contribution in [0.2, 0.25) is 0 Å². The maximum atomic E-state index is 12.9. The van der Waals surface area contributed by atoms with Gasteiger partial charge in [0.25, 0.3) is 11.8 Å². The summed E-state index contributed by atoms with van der Waals surface area (Å²) in [7, 11) is 0. The average molecular weight is 373 g/mol. The van der Waals surface area contributed by atoms with Crippen LogP contribution in [0.15, 0.2) is 66.7 Å². The molecule has 28 heavy (non-hydrogen) atoms. The van der Waals surface area contributed by atoms with Gasteiger partial charge in [0.05, 0.1) is 0 Å². The van der Waals surface area contributed by atoms with Crippen molar-refractivity contribution in [3.05, 3.63) is 89.2 Å². The Bertz CT molecular complexity index is 1000. The van der Waals surface area contributed by atoms with Gasteiger partial charge in [-0.15, -0.1) is 0 Å². The van der Waals surface area contributed by atoms with Crippen molar-refractivity contribution in [1.29, 1.82) is 0 Å². The Morgan fingerprint density at radius 2 is 1.64 bits per heavy atom. The molecule has 1 N–H and O–H groups in total. The molecule has 0 aliphatic carbocycles. The second kappa shape index (κ2) is 8.48. The van der Waals surface area contributed by atoms with E-state index in [1.807, 2.05) is 69.3 Å². The van der Waals surface area contributed by atoms with Crippen LogP contribution in [-0.4, -0.2) is 23.3 Å². The van der Waals surface area contributed by atoms with E-state index in [2.05, 4.69) is 10.3 Å². The highest BCUT2D eigenvalue weighted by Crippen LogP contribution is 2.18. The first kappa shape index (κ1) is 19.3. The van der Waals surface area contributed by atoms with Crippen molar-refractivity contribution in [3.63, 3.8) is 0 Å². The van der Waals surface area contributed by atoms with E-state index in [0.29, 0.717) is 6.54 Å². The number of nitrogens with one attached hydrogen (secondary N) is 1. The summed E-state index contributed by atoms with van der Waals surface area (Å²) in [4.78, 5) is 31.5. The van der Waals surface area contributed by atoms with Gasteiger partial charge >= 0.3 is 0 Å². The van der Waals surface area contributed by atoms with E-state index in [4.69, 9.17) is 0 Å². The highest BCUT2D eigenvalue weighted by molar-refractivity contribution is 6.07. The van der Waals surface area contributed by atoms with Crippen molar-refractivity contribution in [3.8, 4) is 0 Å². The molecule has 2 amide bonds. The monoisotopic (exact) mass is 373 g/mol. The molecule has 0 atom stereocenters. The molecule has 0 saturated carbocycles. The van der Waals surface area contributed by atoms with Crippen molar-refractivity contribution in [2.75, 3.05) is 16.8 Å². The molecule has 0 aliphatic heterocycles. The third-order valence-corrected chi connectivity index (χ3v) is 4.46. The van der Waals surface area contributed by atoms with Gasteiger partial charge in [-0.25, -0.2) is 4.98 Å². The van der Waals surface area contributed by atoms with Gasteiger partial charge in [-0.1, -0.05) is 42.0 Å². The number of aromatic nitrogens is 1. The van der Waals surface area contributed by atoms with Gasteiger partial charge in [-0.2, -0.15) is 0 Å². The Balaban J connectivity index is 1.83. The van der Waals surface area contributed by atoms with E-state index in [9.17, 15) is 9.59 Å². The van der Waals surface area contributed by atoms with E-state index < -0.39 is 0 Å². The predicted molar refractivity (Wildman–Crippen MR) is 112 cm³/mol.